The van der Waals surface area contributed by atoms with Crippen molar-refractivity contribution in [2.45, 2.75) is 63.1 Å². The maximum Gasteiger partial charge on any atom is 0.409 e. The number of ether oxygens (including phenoxy) is 1. The number of nitrogens with two attached hydrogens (primary N) is 1. The number of likely N-dealkylation sites (tertiary alicyclic amines) is 1. The Morgan fingerprint density at radius 1 is 1.18 bits per heavy atom. The fraction of sp³-hybridized carbons (Fsp3) is 0.560. The van der Waals surface area contributed by atoms with E-state index in [0.29, 0.717) is 18.7 Å². The van der Waals surface area contributed by atoms with E-state index in [9.17, 15) is 19.5 Å². The van der Waals surface area contributed by atoms with Gasteiger partial charge in [-0.2, -0.15) is 0 Å². The molecular formula is C25H33N3O5. The van der Waals surface area contributed by atoms with E-state index in [-0.39, 0.29) is 30.3 Å². The van der Waals surface area contributed by atoms with Gasteiger partial charge in [0, 0.05) is 19.0 Å². The van der Waals surface area contributed by atoms with Crippen molar-refractivity contribution in [3.63, 3.8) is 0 Å². The van der Waals surface area contributed by atoms with Crippen LogP contribution in [0.3, 0.4) is 0 Å². The molecule has 33 heavy (non-hydrogen) atoms. The zero-order valence-corrected chi connectivity index (χ0v) is 19.2. The van der Waals surface area contributed by atoms with Gasteiger partial charge < -0.3 is 20.5 Å². The van der Waals surface area contributed by atoms with E-state index in [0.717, 1.165) is 55.2 Å². The quantitative estimate of drug-likeness (QED) is 0.696. The largest absolute Gasteiger partial charge is 0.465 e. The van der Waals surface area contributed by atoms with Crippen LogP contribution in [0.2, 0.25) is 0 Å². The number of amides is 2. The van der Waals surface area contributed by atoms with Crippen molar-refractivity contribution in [1.29, 1.82) is 0 Å². The summed E-state index contributed by atoms with van der Waals surface area (Å²) in [7, 11) is 1.37. The topological polar surface area (TPSA) is 113 Å². The van der Waals surface area contributed by atoms with E-state index >= 15 is 0 Å². The van der Waals surface area contributed by atoms with Gasteiger partial charge in [-0.1, -0.05) is 44.1 Å². The number of Topliss-reactive ketones (excluding diaryl/α,β-unsaturated/α-hetero) is 1. The van der Waals surface area contributed by atoms with Gasteiger partial charge in [-0.3, -0.25) is 9.69 Å². The lowest BCUT2D eigenvalue weighted by molar-refractivity contribution is -0.126. The smallest absolute Gasteiger partial charge is 0.409 e. The van der Waals surface area contributed by atoms with E-state index in [1.807, 2.05) is 12.1 Å². The van der Waals surface area contributed by atoms with E-state index in [2.05, 4.69) is 6.58 Å². The number of ketones is 1. The third-order valence-electron chi connectivity index (χ3n) is 7.63. The minimum Gasteiger partial charge on any atom is -0.465 e. The molecule has 1 aromatic carbocycles. The first kappa shape index (κ1) is 23.3. The Morgan fingerprint density at radius 3 is 2.52 bits per heavy atom. The molecule has 178 valence electrons. The number of hydrogen-bond donors (Lipinski definition) is 2. The third kappa shape index (κ3) is 4.24. The molecular weight excluding hydrogens is 422 g/mol. The number of fused-ring (bicyclic) bond motifs is 1. The van der Waals surface area contributed by atoms with Gasteiger partial charge in [0.2, 0.25) is 0 Å². The number of rotatable bonds is 5. The summed E-state index contributed by atoms with van der Waals surface area (Å²) >= 11 is 0. The van der Waals surface area contributed by atoms with Gasteiger partial charge in [-0.15, -0.1) is 0 Å². The highest BCUT2D eigenvalue weighted by atomic mass is 16.5. The molecule has 1 saturated carbocycles. The monoisotopic (exact) mass is 455 g/mol. The Morgan fingerprint density at radius 2 is 1.88 bits per heavy atom. The van der Waals surface area contributed by atoms with Crippen LogP contribution in [0.4, 0.5) is 9.59 Å². The normalized spacial score (nSPS) is 23.8. The molecule has 2 fully saturated rings. The van der Waals surface area contributed by atoms with Gasteiger partial charge >= 0.3 is 12.2 Å². The summed E-state index contributed by atoms with van der Waals surface area (Å²) in [6.45, 7) is 5.24. The number of nitrogens with zero attached hydrogens (tertiary/aromatic N) is 2. The molecule has 8 heteroatoms. The Labute approximate surface area is 194 Å². The Bertz CT molecular complexity index is 956. The van der Waals surface area contributed by atoms with Crippen molar-refractivity contribution < 1.29 is 24.2 Å². The molecule has 2 aliphatic heterocycles. The van der Waals surface area contributed by atoms with Crippen molar-refractivity contribution in [2.24, 2.45) is 11.7 Å². The first-order valence-corrected chi connectivity index (χ1v) is 11.8. The summed E-state index contributed by atoms with van der Waals surface area (Å²) in [4.78, 5) is 40.4. The van der Waals surface area contributed by atoms with Gasteiger partial charge in [0.1, 0.15) is 6.04 Å². The molecule has 0 bridgehead atoms. The molecule has 0 spiro atoms. The van der Waals surface area contributed by atoms with Crippen molar-refractivity contribution in [3.05, 3.63) is 41.0 Å². The minimum atomic E-state index is -1.13. The number of methoxy groups -OCH3 is 1. The molecule has 2 unspecified atom stereocenters. The number of benzene rings is 1. The number of carboxylic acid groups (broad SMARTS) is 1. The second-order valence-corrected chi connectivity index (χ2v) is 9.38. The first-order chi connectivity index (χ1) is 15.9. The van der Waals surface area contributed by atoms with Crippen LogP contribution in [-0.2, 0) is 16.1 Å². The van der Waals surface area contributed by atoms with Crippen molar-refractivity contribution >= 4 is 24.0 Å². The zero-order valence-electron chi connectivity index (χ0n) is 19.2. The molecule has 0 radical (unpaired) electrons. The highest BCUT2D eigenvalue weighted by Crippen LogP contribution is 2.42. The molecule has 1 aliphatic carbocycles. The van der Waals surface area contributed by atoms with E-state index in [1.54, 1.807) is 11.0 Å². The standard InChI is InChI=1S/C25H33N3O5/c1-3-17-18(16-11-12-27(13-16)25(32)33-2)9-10-19-20(17)14-28(24(30)31)22(19)23(29)21(26)15-7-5-4-6-8-15/h3,9-10,15-16,21-22H,1,4-8,11-14,26H2,2H3,(H,30,31)/t16?,21-,22?/m0/s1. The van der Waals surface area contributed by atoms with E-state index < -0.39 is 18.2 Å². The number of hydrogen-bond acceptors (Lipinski definition) is 5. The van der Waals surface area contributed by atoms with Crippen LogP contribution in [0.1, 0.15) is 72.7 Å². The van der Waals surface area contributed by atoms with Gasteiger partial charge in [-0.25, -0.2) is 9.59 Å². The third-order valence-corrected chi connectivity index (χ3v) is 7.63. The van der Waals surface area contributed by atoms with Crippen LogP contribution in [-0.4, -0.2) is 59.1 Å². The number of carbonyl (C=O) groups is 3. The second kappa shape index (κ2) is 9.55. The van der Waals surface area contributed by atoms with Crippen molar-refractivity contribution in [1.82, 2.24) is 9.80 Å². The minimum absolute atomic E-state index is 0.0972. The zero-order chi connectivity index (χ0) is 23.7. The summed E-state index contributed by atoms with van der Waals surface area (Å²) in [6.07, 6.45) is 6.14. The van der Waals surface area contributed by atoms with Crippen LogP contribution in [0, 0.1) is 5.92 Å². The predicted octanol–water partition coefficient (Wildman–Crippen LogP) is 3.90. The predicted molar refractivity (Wildman–Crippen MR) is 124 cm³/mol. The molecule has 4 rings (SSSR count). The van der Waals surface area contributed by atoms with Gasteiger partial charge in [0.15, 0.2) is 5.78 Å². The molecule has 8 nitrogen and oxygen atoms in total. The molecule has 3 aliphatic rings. The molecule has 1 aromatic rings. The Hall–Kier alpha value is -2.87. The highest BCUT2D eigenvalue weighted by Gasteiger charge is 2.43. The molecule has 1 saturated heterocycles. The lowest BCUT2D eigenvalue weighted by atomic mass is 9.80. The fourth-order valence-corrected chi connectivity index (χ4v) is 5.86. The van der Waals surface area contributed by atoms with Crippen LogP contribution in [0.25, 0.3) is 6.08 Å². The Balaban J connectivity index is 1.66. The van der Waals surface area contributed by atoms with Crippen LogP contribution in [0.15, 0.2) is 18.7 Å². The van der Waals surface area contributed by atoms with Gasteiger partial charge in [0.25, 0.3) is 0 Å². The summed E-state index contributed by atoms with van der Waals surface area (Å²) in [6, 6.07) is 2.27. The SMILES string of the molecule is C=Cc1c(C2CCN(C(=O)OC)C2)ccc2c1CN(C(=O)O)C2C(=O)[C@@H](N)C1CCCCC1. The molecule has 0 aromatic heterocycles. The summed E-state index contributed by atoms with van der Waals surface area (Å²) < 4.78 is 4.85. The second-order valence-electron chi connectivity index (χ2n) is 9.38. The average molecular weight is 456 g/mol. The van der Waals surface area contributed by atoms with Crippen LogP contribution < -0.4 is 5.73 Å². The van der Waals surface area contributed by atoms with Crippen LogP contribution >= 0.6 is 0 Å². The fourth-order valence-electron chi connectivity index (χ4n) is 5.86. The van der Waals surface area contributed by atoms with Gasteiger partial charge in [0.05, 0.1) is 19.7 Å². The summed E-state index contributed by atoms with van der Waals surface area (Å²) in [5.41, 5.74) is 9.81. The highest BCUT2D eigenvalue weighted by molar-refractivity contribution is 5.94. The summed E-state index contributed by atoms with van der Waals surface area (Å²) in [5, 5.41) is 9.91. The first-order valence-electron chi connectivity index (χ1n) is 11.8. The van der Waals surface area contributed by atoms with Crippen LogP contribution in [0.5, 0.6) is 0 Å². The molecule has 3 atom stereocenters. The number of carbonyl (C=O) groups excluding carboxylic acids is 2. The van der Waals surface area contributed by atoms with Gasteiger partial charge in [-0.05, 0) is 47.4 Å². The molecule has 2 heterocycles. The summed E-state index contributed by atoms with van der Waals surface area (Å²) in [5.74, 6) is -0.0182. The van der Waals surface area contributed by atoms with E-state index in [4.69, 9.17) is 10.5 Å². The molecule has 2 amide bonds. The van der Waals surface area contributed by atoms with E-state index in [1.165, 1.54) is 12.0 Å². The maximum atomic E-state index is 13.5. The van der Waals surface area contributed by atoms with Crippen molar-refractivity contribution in [3.8, 4) is 0 Å². The molecule has 3 N–H and O–H groups in total. The Kier molecular flexibility index (Phi) is 6.74. The average Bonchev–Trinajstić information content (AvgIpc) is 3.48. The van der Waals surface area contributed by atoms with Crippen molar-refractivity contribution in [2.75, 3.05) is 20.2 Å². The lowest BCUT2D eigenvalue weighted by Crippen LogP contribution is -2.45. The lowest BCUT2D eigenvalue weighted by Gasteiger charge is -2.30. The maximum absolute atomic E-state index is 13.5.